The van der Waals surface area contributed by atoms with E-state index in [4.69, 9.17) is 21.6 Å². The lowest BCUT2D eigenvalue weighted by molar-refractivity contribution is -0.113. The molecule has 22 heavy (non-hydrogen) atoms. The molecule has 0 atom stereocenters. The molecule has 0 saturated carbocycles. The predicted molar refractivity (Wildman–Crippen MR) is 86.3 cm³/mol. The Morgan fingerprint density at radius 1 is 1.50 bits per heavy atom. The number of rotatable bonds is 5. The van der Waals surface area contributed by atoms with Gasteiger partial charge in [0.2, 0.25) is 5.91 Å². The lowest BCUT2D eigenvalue weighted by Gasteiger charge is -2.10. The van der Waals surface area contributed by atoms with Gasteiger partial charge in [0.15, 0.2) is 0 Å². The van der Waals surface area contributed by atoms with E-state index in [2.05, 4.69) is 10.3 Å². The second-order valence-electron chi connectivity index (χ2n) is 4.15. The van der Waals surface area contributed by atoms with Crippen LogP contribution >= 0.6 is 23.4 Å². The van der Waals surface area contributed by atoms with E-state index in [0.717, 1.165) is 0 Å². The number of benzene rings is 1. The van der Waals surface area contributed by atoms with Crippen molar-refractivity contribution in [3.63, 3.8) is 0 Å². The van der Waals surface area contributed by atoms with E-state index in [9.17, 15) is 4.79 Å². The maximum atomic E-state index is 12.0. The minimum absolute atomic E-state index is 0.126. The Bertz CT molecular complexity index is 731. The van der Waals surface area contributed by atoms with E-state index in [1.54, 1.807) is 36.5 Å². The van der Waals surface area contributed by atoms with Crippen molar-refractivity contribution in [1.82, 2.24) is 4.98 Å². The number of nitriles is 1. The van der Waals surface area contributed by atoms with Gasteiger partial charge in [-0.2, -0.15) is 5.26 Å². The van der Waals surface area contributed by atoms with Crippen molar-refractivity contribution in [3.05, 3.63) is 47.1 Å². The fraction of sp³-hybridized carbons (Fsp3) is 0.133. The molecule has 0 unspecified atom stereocenters. The van der Waals surface area contributed by atoms with Gasteiger partial charge >= 0.3 is 0 Å². The molecule has 5 nitrogen and oxygen atoms in total. The SMILES string of the molecule is COc1ccc(Cl)cc1NC(=O)CSc1ncccc1C#N. The number of anilines is 1. The van der Waals surface area contributed by atoms with E-state index < -0.39 is 0 Å². The molecule has 1 heterocycles. The number of pyridine rings is 1. The third kappa shape index (κ3) is 4.13. The minimum Gasteiger partial charge on any atom is -0.495 e. The minimum atomic E-state index is -0.236. The topological polar surface area (TPSA) is 75.0 Å². The number of carbonyl (C=O) groups is 1. The summed E-state index contributed by atoms with van der Waals surface area (Å²) in [6.45, 7) is 0. The molecule has 0 saturated heterocycles. The first-order valence-electron chi connectivity index (χ1n) is 6.25. The van der Waals surface area contributed by atoms with Gasteiger partial charge in [0.05, 0.1) is 24.1 Å². The number of carbonyl (C=O) groups excluding carboxylic acids is 1. The van der Waals surface area contributed by atoms with Gasteiger partial charge in [-0.1, -0.05) is 23.4 Å². The first-order chi connectivity index (χ1) is 10.6. The summed E-state index contributed by atoms with van der Waals surface area (Å²) in [7, 11) is 1.51. The standard InChI is InChI=1S/C15H12ClN3O2S/c1-21-13-5-4-11(16)7-12(13)19-14(20)9-22-15-10(8-17)3-2-6-18-15/h2-7H,9H2,1H3,(H,19,20). The zero-order chi connectivity index (χ0) is 15.9. The first kappa shape index (κ1) is 16.1. The molecule has 1 aromatic carbocycles. The molecule has 0 aliphatic rings. The molecule has 0 bridgehead atoms. The van der Waals surface area contributed by atoms with Crippen molar-refractivity contribution in [2.24, 2.45) is 0 Å². The summed E-state index contributed by atoms with van der Waals surface area (Å²) < 4.78 is 5.16. The van der Waals surface area contributed by atoms with Crippen LogP contribution in [0.3, 0.4) is 0 Å². The highest BCUT2D eigenvalue weighted by Crippen LogP contribution is 2.28. The zero-order valence-electron chi connectivity index (χ0n) is 11.7. The van der Waals surface area contributed by atoms with Crippen molar-refractivity contribution >= 4 is 35.0 Å². The summed E-state index contributed by atoms with van der Waals surface area (Å²) >= 11 is 7.11. The molecule has 1 amide bonds. The Morgan fingerprint density at radius 3 is 3.05 bits per heavy atom. The summed E-state index contributed by atoms with van der Waals surface area (Å²) in [5.41, 5.74) is 0.947. The Labute approximate surface area is 137 Å². The van der Waals surface area contributed by atoms with Crippen LogP contribution in [0.4, 0.5) is 5.69 Å². The smallest absolute Gasteiger partial charge is 0.234 e. The van der Waals surface area contributed by atoms with Gasteiger partial charge in [0.25, 0.3) is 0 Å². The van der Waals surface area contributed by atoms with Crippen LogP contribution in [0.2, 0.25) is 5.02 Å². The average Bonchev–Trinajstić information content (AvgIpc) is 2.53. The molecule has 2 aromatic rings. The normalized spacial score (nSPS) is 9.86. The van der Waals surface area contributed by atoms with E-state index >= 15 is 0 Å². The van der Waals surface area contributed by atoms with Crippen LogP contribution in [0.15, 0.2) is 41.6 Å². The number of hydrogen-bond acceptors (Lipinski definition) is 5. The molecule has 1 N–H and O–H groups in total. The third-order valence-corrected chi connectivity index (χ3v) is 3.91. The Hall–Kier alpha value is -2.23. The van der Waals surface area contributed by atoms with Gasteiger partial charge in [0.1, 0.15) is 16.8 Å². The molecule has 2 rings (SSSR count). The quantitative estimate of drug-likeness (QED) is 0.849. The van der Waals surface area contributed by atoms with Crippen LogP contribution in [0, 0.1) is 11.3 Å². The van der Waals surface area contributed by atoms with Gasteiger partial charge in [-0.15, -0.1) is 0 Å². The number of nitrogens with zero attached hydrogens (tertiary/aromatic N) is 2. The monoisotopic (exact) mass is 333 g/mol. The van der Waals surface area contributed by atoms with Crippen LogP contribution in [0.1, 0.15) is 5.56 Å². The molecule has 0 aliphatic carbocycles. The van der Waals surface area contributed by atoms with Crippen LogP contribution in [-0.4, -0.2) is 23.8 Å². The summed E-state index contributed by atoms with van der Waals surface area (Å²) in [6.07, 6.45) is 1.58. The van der Waals surface area contributed by atoms with Gasteiger partial charge in [-0.05, 0) is 30.3 Å². The molecular weight excluding hydrogens is 322 g/mol. The number of aromatic nitrogens is 1. The first-order valence-corrected chi connectivity index (χ1v) is 7.61. The molecule has 0 radical (unpaired) electrons. The molecule has 112 valence electrons. The summed E-state index contributed by atoms with van der Waals surface area (Å²) in [4.78, 5) is 16.1. The van der Waals surface area contributed by atoms with Crippen molar-refractivity contribution in [3.8, 4) is 11.8 Å². The summed E-state index contributed by atoms with van der Waals surface area (Å²) in [5, 5.41) is 12.7. The summed E-state index contributed by atoms with van der Waals surface area (Å²) in [5.74, 6) is 0.417. The molecule has 7 heteroatoms. The third-order valence-electron chi connectivity index (χ3n) is 2.67. The molecular formula is C15H12ClN3O2S. The number of amides is 1. The van der Waals surface area contributed by atoms with E-state index in [-0.39, 0.29) is 11.7 Å². The second-order valence-corrected chi connectivity index (χ2v) is 5.55. The van der Waals surface area contributed by atoms with E-state index in [1.165, 1.54) is 18.9 Å². The van der Waals surface area contributed by atoms with Crippen LogP contribution in [0.25, 0.3) is 0 Å². The van der Waals surface area contributed by atoms with E-state index in [1.807, 2.05) is 6.07 Å². The maximum absolute atomic E-state index is 12.0. The maximum Gasteiger partial charge on any atom is 0.234 e. The molecule has 0 spiro atoms. The zero-order valence-corrected chi connectivity index (χ0v) is 13.2. The largest absolute Gasteiger partial charge is 0.495 e. The number of methoxy groups -OCH3 is 1. The highest BCUT2D eigenvalue weighted by molar-refractivity contribution is 8.00. The Morgan fingerprint density at radius 2 is 2.32 bits per heavy atom. The second kappa shape index (κ2) is 7.69. The van der Waals surface area contributed by atoms with Crippen LogP contribution < -0.4 is 10.1 Å². The van der Waals surface area contributed by atoms with E-state index in [0.29, 0.717) is 27.0 Å². The van der Waals surface area contributed by atoms with Gasteiger partial charge in [-0.3, -0.25) is 4.79 Å². The number of ether oxygens (including phenoxy) is 1. The molecule has 0 aliphatic heterocycles. The van der Waals surface area contributed by atoms with Gasteiger partial charge in [0, 0.05) is 11.2 Å². The fourth-order valence-electron chi connectivity index (χ4n) is 1.69. The van der Waals surface area contributed by atoms with Crippen molar-refractivity contribution < 1.29 is 9.53 Å². The lowest BCUT2D eigenvalue weighted by atomic mass is 10.3. The van der Waals surface area contributed by atoms with Crippen molar-refractivity contribution in [2.45, 2.75) is 5.03 Å². The average molecular weight is 334 g/mol. The highest BCUT2D eigenvalue weighted by atomic mass is 35.5. The number of halogens is 1. The van der Waals surface area contributed by atoms with Gasteiger partial charge < -0.3 is 10.1 Å². The van der Waals surface area contributed by atoms with Gasteiger partial charge in [-0.25, -0.2) is 4.98 Å². The Kier molecular flexibility index (Phi) is 5.64. The summed E-state index contributed by atoms with van der Waals surface area (Å²) in [6, 6.07) is 10.4. The highest BCUT2D eigenvalue weighted by Gasteiger charge is 2.11. The van der Waals surface area contributed by atoms with Crippen LogP contribution in [0.5, 0.6) is 5.75 Å². The molecule has 0 fully saturated rings. The lowest BCUT2D eigenvalue weighted by Crippen LogP contribution is -2.15. The van der Waals surface area contributed by atoms with Crippen LogP contribution in [-0.2, 0) is 4.79 Å². The number of thioether (sulfide) groups is 1. The predicted octanol–water partition coefficient (Wildman–Crippen LogP) is 3.35. The molecule has 1 aromatic heterocycles. The van der Waals surface area contributed by atoms with Crippen molar-refractivity contribution in [1.29, 1.82) is 5.26 Å². The number of nitrogens with one attached hydrogen (secondary N) is 1. The fourth-order valence-corrected chi connectivity index (χ4v) is 2.61. The number of hydrogen-bond donors (Lipinski definition) is 1. The Balaban J connectivity index is 2.02. The van der Waals surface area contributed by atoms with Crippen molar-refractivity contribution in [2.75, 3.05) is 18.2 Å².